The van der Waals surface area contributed by atoms with E-state index < -0.39 is 0 Å². The van der Waals surface area contributed by atoms with Crippen molar-refractivity contribution in [2.75, 3.05) is 6.54 Å². The highest BCUT2D eigenvalue weighted by Crippen LogP contribution is 1.92. The highest BCUT2D eigenvalue weighted by Gasteiger charge is 1.96. The van der Waals surface area contributed by atoms with Crippen molar-refractivity contribution in [3.63, 3.8) is 0 Å². The van der Waals surface area contributed by atoms with Gasteiger partial charge in [0.15, 0.2) is 0 Å². The van der Waals surface area contributed by atoms with E-state index >= 15 is 0 Å². The fourth-order valence-corrected chi connectivity index (χ4v) is 0.435. The lowest BCUT2D eigenvalue weighted by Gasteiger charge is -2.03. The quantitative estimate of drug-likeness (QED) is 0.461. The Kier molecular flexibility index (Phi) is 4.95. The topological polar surface area (TPSA) is 52.5 Å². The molecule has 50 valence electrons. The second kappa shape index (κ2) is 5.03. The summed E-state index contributed by atoms with van der Waals surface area (Å²) in [5.41, 5.74) is 1.97. The van der Waals surface area contributed by atoms with E-state index in [2.05, 4.69) is 0 Å². The maximum atomic E-state index is 8.84. The molecule has 0 fully saturated rings. The summed E-state index contributed by atoms with van der Waals surface area (Å²) in [6, 6.07) is 0. The van der Waals surface area contributed by atoms with E-state index in [0.717, 1.165) is 6.42 Å². The van der Waals surface area contributed by atoms with Gasteiger partial charge in [-0.1, -0.05) is 6.92 Å². The molecule has 1 unspecified atom stereocenters. The first-order valence-electron chi connectivity index (χ1n) is 2.86. The zero-order chi connectivity index (χ0) is 6.41. The summed E-state index contributed by atoms with van der Waals surface area (Å²) in [4.78, 5) is 0. The van der Waals surface area contributed by atoms with Crippen LogP contribution in [0.2, 0.25) is 0 Å². The van der Waals surface area contributed by atoms with Gasteiger partial charge in [-0.25, -0.2) is 5.48 Å². The van der Waals surface area contributed by atoms with Crippen LogP contribution in [0.3, 0.4) is 0 Å². The Balaban J connectivity index is 2.86. The standard InChI is InChI=1S/C5H13NO2/c1-2-5(7)3-4-6-8/h5-8H,2-4H2,1H3. The van der Waals surface area contributed by atoms with Crippen molar-refractivity contribution >= 4 is 0 Å². The Morgan fingerprint density at radius 3 is 2.62 bits per heavy atom. The van der Waals surface area contributed by atoms with Crippen molar-refractivity contribution in [2.45, 2.75) is 25.9 Å². The van der Waals surface area contributed by atoms with Crippen LogP contribution in [0.4, 0.5) is 0 Å². The molecule has 0 saturated carbocycles. The van der Waals surface area contributed by atoms with Crippen LogP contribution in [-0.2, 0) is 0 Å². The Morgan fingerprint density at radius 2 is 2.25 bits per heavy atom. The molecule has 0 bridgehead atoms. The van der Waals surface area contributed by atoms with Crippen LogP contribution in [0.25, 0.3) is 0 Å². The molecule has 0 aromatic rings. The number of hydroxylamine groups is 1. The zero-order valence-electron chi connectivity index (χ0n) is 5.09. The van der Waals surface area contributed by atoms with Crippen molar-refractivity contribution < 1.29 is 10.3 Å². The van der Waals surface area contributed by atoms with E-state index in [9.17, 15) is 0 Å². The Morgan fingerprint density at radius 1 is 1.62 bits per heavy atom. The van der Waals surface area contributed by atoms with Crippen LogP contribution in [0.15, 0.2) is 0 Å². The molecule has 0 spiro atoms. The smallest absolute Gasteiger partial charge is 0.0550 e. The molecule has 3 N–H and O–H groups in total. The summed E-state index contributed by atoms with van der Waals surface area (Å²) >= 11 is 0. The molecule has 0 radical (unpaired) electrons. The number of rotatable bonds is 4. The van der Waals surface area contributed by atoms with Gasteiger partial charge in [0.2, 0.25) is 0 Å². The van der Waals surface area contributed by atoms with Crippen molar-refractivity contribution in [2.24, 2.45) is 0 Å². The van der Waals surface area contributed by atoms with Crippen LogP contribution < -0.4 is 5.48 Å². The maximum Gasteiger partial charge on any atom is 0.0550 e. The third-order valence-electron chi connectivity index (χ3n) is 1.06. The summed E-state index contributed by atoms with van der Waals surface area (Å²) in [5, 5.41) is 16.9. The molecule has 0 aromatic heterocycles. The van der Waals surface area contributed by atoms with E-state index in [0.29, 0.717) is 13.0 Å². The highest BCUT2D eigenvalue weighted by atomic mass is 16.5. The summed E-state index contributed by atoms with van der Waals surface area (Å²) in [5.74, 6) is 0. The fourth-order valence-electron chi connectivity index (χ4n) is 0.435. The Labute approximate surface area is 49.3 Å². The molecule has 0 amide bonds. The molecule has 8 heavy (non-hydrogen) atoms. The predicted molar refractivity (Wildman–Crippen MR) is 30.7 cm³/mol. The van der Waals surface area contributed by atoms with E-state index in [1.807, 2.05) is 12.4 Å². The summed E-state index contributed by atoms with van der Waals surface area (Å²) in [6.45, 7) is 2.37. The normalized spacial score (nSPS) is 13.9. The molecule has 3 heteroatoms. The van der Waals surface area contributed by atoms with Gasteiger partial charge in [0.1, 0.15) is 0 Å². The minimum absolute atomic E-state index is 0.269. The number of aliphatic hydroxyl groups excluding tert-OH is 1. The monoisotopic (exact) mass is 119 g/mol. The molecule has 0 aliphatic heterocycles. The number of hydrogen-bond donors (Lipinski definition) is 3. The second-order valence-corrected chi connectivity index (χ2v) is 1.76. The highest BCUT2D eigenvalue weighted by molar-refractivity contribution is 4.50. The molecule has 0 rings (SSSR count). The first-order chi connectivity index (χ1) is 3.81. The average molecular weight is 119 g/mol. The van der Waals surface area contributed by atoms with E-state index in [1.54, 1.807) is 0 Å². The van der Waals surface area contributed by atoms with Crippen LogP contribution in [0, 0.1) is 0 Å². The second-order valence-electron chi connectivity index (χ2n) is 1.76. The largest absolute Gasteiger partial charge is 0.393 e. The van der Waals surface area contributed by atoms with Gasteiger partial charge in [0.25, 0.3) is 0 Å². The van der Waals surface area contributed by atoms with Gasteiger partial charge in [0.05, 0.1) is 6.10 Å². The van der Waals surface area contributed by atoms with Crippen molar-refractivity contribution in [3.05, 3.63) is 0 Å². The maximum absolute atomic E-state index is 8.84. The van der Waals surface area contributed by atoms with Crippen molar-refractivity contribution in [3.8, 4) is 0 Å². The van der Waals surface area contributed by atoms with Gasteiger partial charge >= 0.3 is 0 Å². The average Bonchev–Trinajstić information content (AvgIpc) is 1.83. The van der Waals surface area contributed by atoms with Gasteiger partial charge in [-0.2, -0.15) is 0 Å². The Hall–Kier alpha value is -0.120. The first kappa shape index (κ1) is 7.88. The first-order valence-corrected chi connectivity index (χ1v) is 2.86. The van der Waals surface area contributed by atoms with E-state index in [1.165, 1.54) is 0 Å². The third kappa shape index (κ3) is 4.05. The minimum atomic E-state index is -0.269. The van der Waals surface area contributed by atoms with Crippen molar-refractivity contribution in [1.29, 1.82) is 0 Å². The van der Waals surface area contributed by atoms with Gasteiger partial charge in [0, 0.05) is 6.54 Å². The number of aliphatic hydroxyl groups is 1. The lowest BCUT2D eigenvalue weighted by Crippen LogP contribution is -2.16. The predicted octanol–water partition coefficient (Wildman–Crippen LogP) is 0.126. The van der Waals surface area contributed by atoms with E-state index in [-0.39, 0.29) is 6.10 Å². The molecular formula is C5H13NO2. The number of hydrogen-bond acceptors (Lipinski definition) is 3. The summed E-state index contributed by atoms with van der Waals surface area (Å²) in [7, 11) is 0. The van der Waals surface area contributed by atoms with Gasteiger partial charge in [-0.3, -0.25) is 0 Å². The summed E-state index contributed by atoms with van der Waals surface area (Å²) < 4.78 is 0. The molecule has 0 saturated heterocycles. The van der Waals surface area contributed by atoms with Crippen molar-refractivity contribution in [1.82, 2.24) is 5.48 Å². The SMILES string of the molecule is CCC(O)CCNO. The molecule has 0 aromatic carbocycles. The molecule has 0 aliphatic rings. The molecule has 1 atom stereocenters. The molecule has 0 heterocycles. The fraction of sp³-hybridized carbons (Fsp3) is 1.00. The Bertz CT molecular complexity index is 49.7. The van der Waals surface area contributed by atoms with Gasteiger partial charge in [-0.05, 0) is 12.8 Å². The minimum Gasteiger partial charge on any atom is -0.393 e. The third-order valence-corrected chi connectivity index (χ3v) is 1.06. The van der Waals surface area contributed by atoms with E-state index in [4.69, 9.17) is 10.3 Å². The van der Waals surface area contributed by atoms with Gasteiger partial charge < -0.3 is 10.3 Å². The van der Waals surface area contributed by atoms with Gasteiger partial charge in [-0.15, -0.1) is 0 Å². The zero-order valence-corrected chi connectivity index (χ0v) is 5.09. The molecule has 3 nitrogen and oxygen atoms in total. The number of nitrogens with one attached hydrogen (secondary N) is 1. The summed E-state index contributed by atoms with van der Waals surface area (Å²) in [6.07, 6.45) is 1.10. The van der Waals surface area contributed by atoms with Crippen LogP contribution >= 0.6 is 0 Å². The lowest BCUT2D eigenvalue weighted by molar-refractivity contribution is 0.118. The van der Waals surface area contributed by atoms with Crippen LogP contribution in [-0.4, -0.2) is 23.0 Å². The molecule has 0 aliphatic carbocycles. The van der Waals surface area contributed by atoms with Crippen LogP contribution in [0.5, 0.6) is 0 Å². The molecular weight excluding hydrogens is 106 g/mol. The van der Waals surface area contributed by atoms with Crippen LogP contribution in [0.1, 0.15) is 19.8 Å². The lowest BCUT2D eigenvalue weighted by atomic mass is 10.2.